The van der Waals surface area contributed by atoms with Crippen LogP contribution in [0.15, 0.2) is 36.7 Å². The van der Waals surface area contributed by atoms with Crippen LogP contribution in [0, 0.1) is 0 Å². The molecule has 0 saturated carbocycles. The molecule has 0 saturated heterocycles. The summed E-state index contributed by atoms with van der Waals surface area (Å²) < 4.78 is 0. The number of anilines is 2. The number of aromatic nitrogens is 2. The summed E-state index contributed by atoms with van der Waals surface area (Å²) in [6.07, 6.45) is 3.72. The zero-order valence-electron chi connectivity index (χ0n) is 11.5. The highest BCUT2D eigenvalue weighted by Gasteiger charge is 2.05. The number of rotatable bonds is 5. The number of nitrogens with zero attached hydrogens (tertiary/aromatic N) is 3. The van der Waals surface area contributed by atoms with Gasteiger partial charge >= 0.3 is 0 Å². The molecule has 0 aliphatic carbocycles. The smallest absolute Gasteiger partial charge is 0.132 e. The van der Waals surface area contributed by atoms with Crippen LogP contribution in [-0.2, 0) is 13.0 Å². The molecule has 1 heterocycles. The van der Waals surface area contributed by atoms with Gasteiger partial charge in [0.2, 0.25) is 0 Å². The van der Waals surface area contributed by atoms with Gasteiger partial charge in [0.15, 0.2) is 0 Å². The fourth-order valence-electron chi connectivity index (χ4n) is 2.03. The van der Waals surface area contributed by atoms with Crippen molar-refractivity contribution in [2.45, 2.75) is 26.3 Å². The quantitative estimate of drug-likeness (QED) is 0.836. The Labute approximate surface area is 114 Å². The van der Waals surface area contributed by atoms with Gasteiger partial charge in [0.25, 0.3) is 0 Å². The molecule has 0 aliphatic heterocycles. The molecule has 0 atom stereocenters. The summed E-state index contributed by atoms with van der Waals surface area (Å²) in [5.41, 5.74) is 8.85. The molecule has 0 unspecified atom stereocenters. The predicted octanol–water partition coefficient (Wildman–Crippen LogP) is 2.65. The van der Waals surface area contributed by atoms with Crippen molar-refractivity contribution in [1.29, 1.82) is 0 Å². The molecule has 2 N–H and O–H groups in total. The number of nitrogen functional groups attached to an aromatic ring is 1. The van der Waals surface area contributed by atoms with Crippen LogP contribution in [0.3, 0.4) is 0 Å². The van der Waals surface area contributed by atoms with Gasteiger partial charge in [-0.2, -0.15) is 0 Å². The maximum atomic E-state index is 5.79. The molecule has 2 aromatic rings. The Morgan fingerprint density at radius 2 is 2.05 bits per heavy atom. The lowest BCUT2D eigenvalue weighted by Crippen LogP contribution is -2.18. The van der Waals surface area contributed by atoms with E-state index in [2.05, 4.69) is 33.9 Å². The summed E-state index contributed by atoms with van der Waals surface area (Å²) in [5, 5.41) is 0. The summed E-state index contributed by atoms with van der Waals surface area (Å²) >= 11 is 0. The van der Waals surface area contributed by atoms with E-state index in [0.717, 1.165) is 36.6 Å². The zero-order valence-corrected chi connectivity index (χ0v) is 11.5. The molecule has 0 amide bonds. The zero-order chi connectivity index (χ0) is 13.7. The Bertz CT molecular complexity index is 539. The molecule has 0 fully saturated rings. The molecule has 2 rings (SSSR count). The lowest BCUT2D eigenvalue weighted by atomic mass is 10.2. The Kier molecular flexibility index (Phi) is 4.34. The van der Waals surface area contributed by atoms with Gasteiger partial charge in [0.05, 0.1) is 0 Å². The van der Waals surface area contributed by atoms with E-state index in [1.807, 2.05) is 25.2 Å². The monoisotopic (exact) mass is 256 g/mol. The minimum Gasteiger partial charge on any atom is -0.399 e. The van der Waals surface area contributed by atoms with E-state index in [9.17, 15) is 0 Å². The molecule has 1 aromatic heterocycles. The van der Waals surface area contributed by atoms with Crippen molar-refractivity contribution in [3.8, 4) is 0 Å². The first-order valence-electron chi connectivity index (χ1n) is 6.55. The fraction of sp³-hybridized carbons (Fsp3) is 0.333. The molecule has 1 aromatic carbocycles. The van der Waals surface area contributed by atoms with E-state index >= 15 is 0 Å². The average Bonchev–Trinajstić information content (AvgIpc) is 2.39. The Morgan fingerprint density at radius 3 is 2.79 bits per heavy atom. The van der Waals surface area contributed by atoms with Crippen molar-refractivity contribution < 1.29 is 0 Å². The predicted molar refractivity (Wildman–Crippen MR) is 79.0 cm³/mol. The van der Waals surface area contributed by atoms with Gasteiger partial charge in [-0.1, -0.05) is 25.5 Å². The first-order valence-corrected chi connectivity index (χ1v) is 6.55. The second-order valence-corrected chi connectivity index (χ2v) is 4.72. The molecule has 0 aliphatic rings. The Hall–Kier alpha value is -2.10. The van der Waals surface area contributed by atoms with Crippen molar-refractivity contribution in [3.63, 3.8) is 0 Å². The van der Waals surface area contributed by atoms with E-state index in [1.165, 1.54) is 5.56 Å². The van der Waals surface area contributed by atoms with Crippen LogP contribution < -0.4 is 10.6 Å². The van der Waals surface area contributed by atoms with Crippen LogP contribution >= 0.6 is 0 Å². The average molecular weight is 256 g/mol. The molecule has 19 heavy (non-hydrogen) atoms. The van der Waals surface area contributed by atoms with Gasteiger partial charge in [-0.05, 0) is 24.1 Å². The number of nitrogens with two attached hydrogens (primary N) is 1. The van der Waals surface area contributed by atoms with E-state index in [4.69, 9.17) is 5.73 Å². The summed E-state index contributed by atoms with van der Waals surface area (Å²) in [6, 6.07) is 9.98. The van der Waals surface area contributed by atoms with E-state index < -0.39 is 0 Å². The largest absolute Gasteiger partial charge is 0.399 e. The van der Waals surface area contributed by atoms with E-state index in [1.54, 1.807) is 6.33 Å². The molecule has 4 nitrogen and oxygen atoms in total. The highest BCUT2D eigenvalue weighted by molar-refractivity contribution is 5.44. The van der Waals surface area contributed by atoms with Crippen LogP contribution in [-0.4, -0.2) is 17.0 Å². The van der Waals surface area contributed by atoms with Gasteiger partial charge < -0.3 is 10.6 Å². The molecule has 0 bridgehead atoms. The molecular formula is C15H20N4. The lowest BCUT2D eigenvalue weighted by Gasteiger charge is -2.18. The third kappa shape index (κ3) is 3.68. The van der Waals surface area contributed by atoms with E-state index in [0.29, 0.717) is 0 Å². The third-order valence-electron chi connectivity index (χ3n) is 2.98. The second-order valence-electron chi connectivity index (χ2n) is 4.72. The van der Waals surface area contributed by atoms with Crippen molar-refractivity contribution in [2.75, 3.05) is 17.7 Å². The van der Waals surface area contributed by atoms with Crippen LogP contribution in [0.25, 0.3) is 0 Å². The van der Waals surface area contributed by atoms with Gasteiger partial charge in [-0.25, -0.2) is 9.97 Å². The number of aryl methyl sites for hydroxylation is 1. The lowest BCUT2D eigenvalue weighted by molar-refractivity contribution is 0.847. The van der Waals surface area contributed by atoms with Gasteiger partial charge in [0, 0.05) is 31.0 Å². The summed E-state index contributed by atoms with van der Waals surface area (Å²) in [6.45, 7) is 2.94. The second kappa shape index (κ2) is 6.18. The highest BCUT2D eigenvalue weighted by atomic mass is 15.2. The number of hydrogen-bond donors (Lipinski definition) is 1. The van der Waals surface area contributed by atoms with Gasteiger partial charge in [-0.3, -0.25) is 0 Å². The summed E-state index contributed by atoms with van der Waals surface area (Å²) in [7, 11) is 2.03. The topological polar surface area (TPSA) is 55.0 Å². The molecule has 100 valence electrons. The summed E-state index contributed by atoms with van der Waals surface area (Å²) in [5.74, 6) is 0.945. The van der Waals surface area contributed by atoms with Gasteiger partial charge in [-0.15, -0.1) is 0 Å². The standard InChI is InChI=1S/C15H20N4/c1-3-5-14-9-15(18-11-17-14)19(2)10-12-6-4-7-13(16)8-12/h4,6-9,11H,3,5,10,16H2,1-2H3. The maximum absolute atomic E-state index is 5.79. The normalized spacial score (nSPS) is 10.4. The van der Waals surface area contributed by atoms with Crippen LogP contribution in [0.1, 0.15) is 24.6 Å². The van der Waals surface area contributed by atoms with Crippen LogP contribution in [0.5, 0.6) is 0 Å². The highest BCUT2D eigenvalue weighted by Crippen LogP contribution is 2.15. The fourth-order valence-corrected chi connectivity index (χ4v) is 2.03. The first-order chi connectivity index (χ1) is 9.19. The maximum Gasteiger partial charge on any atom is 0.132 e. The van der Waals surface area contributed by atoms with Gasteiger partial charge in [0.1, 0.15) is 12.1 Å². The number of hydrogen-bond acceptors (Lipinski definition) is 4. The molecule has 4 heteroatoms. The van der Waals surface area contributed by atoms with Crippen molar-refractivity contribution in [2.24, 2.45) is 0 Å². The van der Waals surface area contributed by atoms with Crippen LogP contribution in [0.4, 0.5) is 11.5 Å². The third-order valence-corrected chi connectivity index (χ3v) is 2.98. The van der Waals surface area contributed by atoms with Crippen LogP contribution in [0.2, 0.25) is 0 Å². The SMILES string of the molecule is CCCc1cc(N(C)Cc2cccc(N)c2)ncn1. The molecule has 0 radical (unpaired) electrons. The minimum atomic E-state index is 0.785. The first kappa shape index (κ1) is 13.3. The van der Waals surface area contributed by atoms with Crippen molar-refractivity contribution >= 4 is 11.5 Å². The Morgan fingerprint density at radius 1 is 1.21 bits per heavy atom. The van der Waals surface area contributed by atoms with Crippen molar-refractivity contribution in [3.05, 3.63) is 47.9 Å². The summed E-state index contributed by atoms with van der Waals surface area (Å²) in [4.78, 5) is 10.7. The Balaban J connectivity index is 2.11. The number of benzene rings is 1. The molecular weight excluding hydrogens is 236 g/mol. The van der Waals surface area contributed by atoms with Crippen molar-refractivity contribution in [1.82, 2.24) is 9.97 Å². The minimum absolute atomic E-state index is 0.785. The van der Waals surface area contributed by atoms with E-state index in [-0.39, 0.29) is 0 Å². The molecule has 0 spiro atoms.